The highest BCUT2D eigenvalue weighted by molar-refractivity contribution is 5.35. The molecule has 3 nitrogen and oxygen atoms in total. The molecule has 0 aromatic carbocycles. The third kappa shape index (κ3) is 2.93. The summed E-state index contributed by atoms with van der Waals surface area (Å²) >= 11 is 0. The van der Waals surface area contributed by atoms with Crippen molar-refractivity contribution in [1.29, 1.82) is 0 Å². The van der Waals surface area contributed by atoms with Gasteiger partial charge in [-0.15, -0.1) is 0 Å². The minimum Gasteiger partial charge on any atom is -0.466 e. The molecule has 1 unspecified atom stereocenters. The van der Waals surface area contributed by atoms with E-state index in [0.717, 1.165) is 30.1 Å². The van der Waals surface area contributed by atoms with Crippen LogP contribution in [-0.4, -0.2) is 12.0 Å². The summed E-state index contributed by atoms with van der Waals surface area (Å²) in [4.78, 5) is 4.56. The quantitative estimate of drug-likeness (QED) is 0.902. The van der Waals surface area contributed by atoms with Crippen LogP contribution in [0.4, 0.5) is 0 Å². The van der Waals surface area contributed by atoms with Crippen LogP contribution >= 0.6 is 0 Å². The molecule has 0 bridgehead atoms. The van der Waals surface area contributed by atoms with Gasteiger partial charge in [-0.25, -0.2) is 0 Å². The predicted molar refractivity (Wildman–Crippen MR) is 82.0 cm³/mol. The van der Waals surface area contributed by atoms with Gasteiger partial charge >= 0.3 is 0 Å². The molecule has 1 N–H and O–H groups in total. The summed E-state index contributed by atoms with van der Waals surface area (Å²) in [6.45, 7) is 8.33. The highest BCUT2D eigenvalue weighted by Crippen LogP contribution is 2.28. The van der Waals surface area contributed by atoms with Crippen molar-refractivity contribution in [3.63, 3.8) is 0 Å². The van der Waals surface area contributed by atoms with E-state index in [1.54, 1.807) is 0 Å². The number of hydrogen-bond acceptors (Lipinski definition) is 3. The first-order chi connectivity index (χ1) is 9.56. The summed E-state index contributed by atoms with van der Waals surface area (Å²) in [5, 5.41) is 3.39. The third-order valence-corrected chi connectivity index (χ3v) is 4.02. The number of nitrogens with zero attached hydrogens (tertiary/aromatic N) is 1. The highest BCUT2D eigenvalue weighted by Gasteiger charge is 2.20. The molecule has 2 aromatic heterocycles. The maximum absolute atomic E-state index is 5.74. The minimum absolute atomic E-state index is 0.243. The molecule has 0 saturated carbocycles. The Labute approximate surface area is 121 Å². The molecule has 0 fully saturated rings. The lowest BCUT2D eigenvalue weighted by Crippen LogP contribution is -2.20. The topological polar surface area (TPSA) is 38.1 Å². The molecule has 3 heteroatoms. The number of furan rings is 1. The lowest BCUT2D eigenvalue weighted by atomic mass is 9.98. The second kappa shape index (κ2) is 6.23. The zero-order valence-corrected chi connectivity index (χ0v) is 13.1. The highest BCUT2D eigenvalue weighted by atomic mass is 16.3. The van der Waals surface area contributed by atoms with Crippen molar-refractivity contribution in [3.8, 4) is 0 Å². The van der Waals surface area contributed by atoms with Crippen LogP contribution in [0.5, 0.6) is 0 Å². The molecule has 0 aliphatic heterocycles. The summed E-state index contributed by atoms with van der Waals surface area (Å²) in [6, 6.07) is 4.53. The van der Waals surface area contributed by atoms with Crippen molar-refractivity contribution in [3.05, 3.63) is 52.2 Å². The average Bonchev–Trinajstić information content (AvgIpc) is 2.71. The molecule has 0 spiro atoms. The van der Waals surface area contributed by atoms with E-state index < -0.39 is 0 Å². The van der Waals surface area contributed by atoms with Crippen molar-refractivity contribution in [1.82, 2.24) is 10.3 Å². The summed E-state index contributed by atoms with van der Waals surface area (Å²) in [5.74, 6) is 2.01. The standard InChI is InChI=1S/C17H24N2O/c1-6-14-7-8-15(19-10-14)9-16(18-5)17-11(2)12(3)20-13(17)4/h7-8,10,16,18H,6,9H2,1-5H3. The van der Waals surface area contributed by atoms with Crippen LogP contribution in [0.2, 0.25) is 0 Å². The van der Waals surface area contributed by atoms with Gasteiger partial charge < -0.3 is 9.73 Å². The van der Waals surface area contributed by atoms with E-state index in [-0.39, 0.29) is 6.04 Å². The molecule has 0 saturated heterocycles. The zero-order chi connectivity index (χ0) is 14.7. The van der Waals surface area contributed by atoms with Crippen LogP contribution < -0.4 is 5.32 Å². The van der Waals surface area contributed by atoms with E-state index in [0.29, 0.717) is 0 Å². The molecule has 2 heterocycles. The van der Waals surface area contributed by atoms with E-state index >= 15 is 0 Å². The first-order valence-corrected chi connectivity index (χ1v) is 7.24. The number of aromatic nitrogens is 1. The number of likely N-dealkylation sites (N-methyl/N-ethyl adjacent to an activating group) is 1. The molecule has 2 rings (SSSR count). The van der Waals surface area contributed by atoms with Gasteiger partial charge in [0.05, 0.1) is 0 Å². The Balaban J connectivity index is 2.24. The van der Waals surface area contributed by atoms with Gasteiger partial charge in [0, 0.05) is 29.9 Å². The number of hydrogen-bond donors (Lipinski definition) is 1. The van der Waals surface area contributed by atoms with Crippen LogP contribution in [0.3, 0.4) is 0 Å². The minimum atomic E-state index is 0.243. The lowest BCUT2D eigenvalue weighted by Gasteiger charge is -2.16. The molecule has 0 amide bonds. The van der Waals surface area contributed by atoms with Crippen molar-refractivity contribution in [2.75, 3.05) is 7.05 Å². The van der Waals surface area contributed by atoms with Crippen LogP contribution in [-0.2, 0) is 12.8 Å². The smallest absolute Gasteiger partial charge is 0.106 e. The first-order valence-electron chi connectivity index (χ1n) is 7.24. The molecule has 0 aliphatic carbocycles. The average molecular weight is 272 g/mol. The van der Waals surface area contributed by atoms with Gasteiger partial charge in [-0.2, -0.15) is 0 Å². The molecular formula is C17H24N2O. The van der Waals surface area contributed by atoms with Gasteiger partial charge in [-0.05, 0) is 51.4 Å². The van der Waals surface area contributed by atoms with E-state index in [1.165, 1.54) is 16.7 Å². The fraction of sp³-hybridized carbons (Fsp3) is 0.471. The maximum Gasteiger partial charge on any atom is 0.106 e. The second-order valence-electron chi connectivity index (χ2n) is 5.31. The van der Waals surface area contributed by atoms with Crippen LogP contribution in [0, 0.1) is 20.8 Å². The number of nitrogens with one attached hydrogen (secondary N) is 1. The monoisotopic (exact) mass is 272 g/mol. The van der Waals surface area contributed by atoms with Gasteiger partial charge in [-0.3, -0.25) is 4.98 Å². The fourth-order valence-corrected chi connectivity index (χ4v) is 2.66. The van der Waals surface area contributed by atoms with Gasteiger partial charge in [-0.1, -0.05) is 13.0 Å². The largest absolute Gasteiger partial charge is 0.466 e. The van der Waals surface area contributed by atoms with Crippen molar-refractivity contribution in [2.45, 2.75) is 46.6 Å². The fourth-order valence-electron chi connectivity index (χ4n) is 2.66. The van der Waals surface area contributed by atoms with Gasteiger partial charge in [0.25, 0.3) is 0 Å². The SMILES string of the molecule is CCc1ccc(CC(NC)c2c(C)oc(C)c2C)nc1. The van der Waals surface area contributed by atoms with E-state index in [1.807, 2.05) is 27.1 Å². The Morgan fingerprint density at radius 2 is 1.95 bits per heavy atom. The summed E-state index contributed by atoms with van der Waals surface area (Å²) in [5.41, 5.74) is 4.90. The maximum atomic E-state index is 5.74. The van der Waals surface area contributed by atoms with Gasteiger partial charge in [0.2, 0.25) is 0 Å². The molecular weight excluding hydrogens is 248 g/mol. The molecule has 108 valence electrons. The van der Waals surface area contributed by atoms with Gasteiger partial charge in [0.15, 0.2) is 0 Å². The van der Waals surface area contributed by atoms with Crippen molar-refractivity contribution in [2.24, 2.45) is 0 Å². The van der Waals surface area contributed by atoms with E-state index in [4.69, 9.17) is 4.42 Å². The number of pyridine rings is 1. The normalized spacial score (nSPS) is 12.7. The van der Waals surface area contributed by atoms with Crippen LogP contribution in [0.25, 0.3) is 0 Å². The summed E-state index contributed by atoms with van der Waals surface area (Å²) < 4.78 is 5.74. The predicted octanol–water partition coefficient (Wildman–Crippen LogP) is 3.67. The summed E-state index contributed by atoms with van der Waals surface area (Å²) in [7, 11) is 1.99. The molecule has 20 heavy (non-hydrogen) atoms. The number of rotatable bonds is 5. The Morgan fingerprint density at radius 3 is 2.40 bits per heavy atom. The molecule has 0 radical (unpaired) electrons. The Morgan fingerprint density at radius 1 is 1.20 bits per heavy atom. The van der Waals surface area contributed by atoms with Crippen LogP contribution in [0.15, 0.2) is 22.7 Å². The van der Waals surface area contributed by atoms with E-state index in [9.17, 15) is 0 Å². The van der Waals surface area contributed by atoms with E-state index in [2.05, 4.69) is 36.3 Å². The molecule has 1 atom stereocenters. The summed E-state index contributed by atoms with van der Waals surface area (Å²) in [6.07, 6.45) is 3.88. The Kier molecular flexibility index (Phi) is 4.61. The van der Waals surface area contributed by atoms with Gasteiger partial charge in [0.1, 0.15) is 11.5 Å². The Hall–Kier alpha value is -1.61. The second-order valence-corrected chi connectivity index (χ2v) is 5.31. The Bertz CT molecular complexity index is 569. The number of aryl methyl sites for hydroxylation is 3. The van der Waals surface area contributed by atoms with Crippen LogP contribution in [0.1, 0.15) is 46.9 Å². The zero-order valence-electron chi connectivity index (χ0n) is 13.1. The van der Waals surface area contributed by atoms with Crippen molar-refractivity contribution < 1.29 is 4.42 Å². The first kappa shape index (κ1) is 14.8. The molecule has 0 aliphatic rings. The molecule has 2 aromatic rings. The lowest BCUT2D eigenvalue weighted by molar-refractivity contribution is 0.489. The third-order valence-electron chi connectivity index (χ3n) is 4.02. The van der Waals surface area contributed by atoms with Crippen molar-refractivity contribution >= 4 is 0 Å².